The van der Waals surface area contributed by atoms with Crippen molar-refractivity contribution in [1.29, 1.82) is 0 Å². The summed E-state index contributed by atoms with van der Waals surface area (Å²) in [6.07, 6.45) is 0.842. The van der Waals surface area contributed by atoms with Gasteiger partial charge in [0.1, 0.15) is 0 Å². The van der Waals surface area contributed by atoms with Gasteiger partial charge in [0, 0.05) is 37.2 Å². The minimum Gasteiger partial charge on any atom is -0.297 e. The zero-order valence-electron chi connectivity index (χ0n) is 16.9. The van der Waals surface area contributed by atoms with Gasteiger partial charge in [0.2, 0.25) is 10.0 Å². The third-order valence-electron chi connectivity index (χ3n) is 5.72. The van der Waals surface area contributed by atoms with E-state index in [1.807, 2.05) is 18.2 Å². The van der Waals surface area contributed by atoms with Crippen molar-refractivity contribution in [2.24, 2.45) is 0 Å². The summed E-state index contributed by atoms with van der Waals surface area (Å²) in [7, 11) is -1.79. The predicted molar refractivity (Wildman–Crippen MR) is 125 cm³/mol. The first-order chi connectivity index (χ1) is 14.4. The molecule has 6 heteroatoms. The minimum atomic E-state index is -3.49. The molecule has 4 nitrogen and oxygen atoms in total. The van der Waals surface area contributed by atoms with Crippen molar-refractivity contribution in [3.8, 4) is 11.1 Å². The quantitative estimate of drug-likeness (QED) is 0.493. The van der Waals surface area contributed by atoms with Crippen molar-refractivity contribution in [1.82, 2.24) is 9.21 Å². The Morgan fingerprint density at radius 3 is 2.23 bits per heavy atom. The molecule has 0 radical (unpaired) electrons. The zero-order valence-corrected chi connectivity index (χ0v) is 19.3. The second-order valence-corrected chi connectivity index (χ2v) is 10.6. The Morgan fingerprint density at radius 1 is 0.933 bits per heavy atom. The van der Waals surface area contributed by atoms with E-state index in [0.717, 1.165) is 30.5 Å². The summed E-state index contributed by atoms with van der Waals surface area (Å²) in [5.74, 6) is 0. The maximum absolute atomic E-state index is 13.0. The van der Waals surface area contributed by atoms with E-state index in [1.165, 1.54) is 21.0 Å². The number of halogens is 1. The average molecular weight is 485 g/mol. The molecule has 1 heterocycles. The Balaban J connectivity index is 1.39. The molecule has 30 heavy (non-hydrogen) atoms. The molecule has 0 N–H and O–H groups in total. The zero-order chi connectivity index (χ0) is 21.1. The Labute approximate surface area is 187 Å². The standard InChI is InChI=1S/C24H25BrN2O2S/c1-26(30(28,29)24-13-11-22(25)12-14-24)23-15-16-27(18-23)17-19-7-9-21(10-8-19)20-5-3-2-4-6-20/h2-14,23H,15-18H2,1H3. The summed E-state index contributed by atoms with van der Waals surface area (Å²) < 4.78 is 28.3. The van der Waals surface area contributed by atoms with Crippen LogP contribution in [0.2, 0.25) is 0 Å². The lowest BCUT2D eigenvalue weighted by molar-refractivity contribution is 0.298. The van der Waals surface area contributed by atoms with Crippen LogP contribution in [0.5, 0.6) is 0 Å². The van der Waals surface area contributed by atoms with E-state index < -0.39 is 10.0 Å². The molecular formula is C24H25BrN2O2S. The molecule has 1 fully saturated rings. The van der Waals surface area contributed by atoms with Gasteiger partial charge in [-0.1, -0.05) is 70.5 Å². The van der Waals surface area contributed by atoms with Crippen molar-refractivity contribution in [3.63, 3.8) is 0 Å². The van der Waals surface area contributed by atoms with Gasteiger partial charge in [-0.3, -0.25) is 4.90 Å². The van der Waals surface area contributed by atoms with E-state index in [1.54, 1.807) is 31.3 Å². The molecule has 156 valence electrons. The maximum Gasteiger partial charge on any atom is 0.243 e. The Kier molecular flexibility index (Phi) is 6.39. The van der Waals surface area contributed by atoms with Crippen LogP contribution in [0.25, 0.3) is 11.1 Å². The van der Waals surface area contributed by atoms with Gasteiger partial charge >= 0.3 is 0 Å². The molecular weight excluding hydrogens is 460 g/mol. The van der Waals surface area contributed by atoms with Crippen LogP contribution in [-0.2, 0) is 16.6 Å². The molecule has 1 aliphatic heterocycles. The van der Waals surface area contributed by atoms with Crippen molar-refractivity contribution in [2.45, 2.75) is 23.9 Å². The largest absolute Gasteiger partial charge is 0.297 e. The SMILES string of the molecule is CN(C1CCN(Cc2ccc(-c3ccccc3)cc2)C1)S(=O)(=O)c1ccc(Br)cc1. The van der Waals surface area contributed by atoms with Gasteiger partial charge in [0.15, 0.2) is 0 Å². The molecule has 0 bridgehead atoms. The number of likely N-dealkylation sites (N-methyl/N-ethyl adjacent to an activating group) is 1. The van der Waals surface area contributed by atoms with Crippen molar-refractivity contribution in [2.75, 3.05) is 20.1 Å². The Hall–Kier alpha value is -1.99. The maximum atomic E-state index is 13.0. The lowest BCUT2D eigenvalue weighted by Crippen LogP contribution is -2.38. The summed E-state index contributed by atoms with van der Waals surface area (Å²) >= 11 is 3.36. The summed E-state index contributed by atoms with van der Waals surface area (Å²) in [6.45, 7) is 2.47. The molecule has 0 amide bonds. The number of likely N-dealkylation sites (tertiary alicyclic amines) is 1. The van der Waals surface area contributed by atoms with E-state index in [0.29, 0.717) is 4.90 Å². The number of rotatable bonds is 6. The third-order valence-corrected chi connectivity index (χ3v) is 8.17. The van der Waals surface area contributed by atoms with Crippen LogP contribution in [0.3, 0.4) is 0 Å². The van der Waals surface area contributed by atoms with Gasteiger partial charge in [0.05, 0.1) is 4.90 Å². The van der Waals surface area contributed by atoms with Crippen LogP contribution in [0.4, 0.5) is 0 Å². The molecule has 0 aliphatic carbocycles. The second-order valence-electron chi connectivity index (χ2n) is 7.72. The van der Waals surface area contributed by atoms with E-state index in [2.05, 4.69) is 57.2 Å². The van der Waals surface area contributed by atoms with Crippen molar-refractivity contribution in [3.05, 3.63) is 88.9 Å². The van der Waals surface area contributed by atoms with Crippen LogP contribution >= 0.6 is 15.9 Å². The lowest BCUT2D eigenvalue weighted by Gasteiger charge is -2.24. The third kappa shape index (κ3) is 4.67. The molecule has 3 aromatic carbocycles. The first-order valence-corrected chi connectivity index (χ1v) is 12.3. The summed E-state index contributed by atoms with van der Waals surface area (Å²) in [4.78, 5) is 2.67. The molecule has 1 aliphatic rings. The monoisotopic (exact) mass is 484 g/mol. The van der Waals surface area contributed by atoms with Crippen molar-refractivity contribution < 1.29 is 8.42 Å². The molecule has 4 rings (SSSR count). The number of hydrogen-bond acceptors (Lipinski definition) is 3. The second kappa shape index (κ2) is 9.02. The van der Waals surface area contributed by atoms with E-state index in [4.69, 9.17) is 0 Å². The van der Waals surface area contributed by atoms with Gasteiger partial charge in [-0.2, -0.15) is 4.31 Å². The van der Waals surface area contributed by atoms with Crippen LogP contribution in [0.1, 0.15) is 12.0 Å². The highest BCUT2D eigenvalue weighted by molar-refractivity contribution is 9.10. The smallest absolute Gasteiger partial charge is 0.243 e. The van der Waals surface area contributed by atoms with Crippen molar-refractivity contribution >= 4 is 26.0 Å². The first-order valence-electron chi connectivity index (χ1n) is 10.0. The average Bonchev–Trinajstić information content (AvgIpc) is 3.23. The molecule has 1 unspecified atom stereocenters. The van der Waals surface area contributed by atoms with E-state index in [9.17, 15) is 8.42 Å². The topological polar surface area (TPSA) is 40.6 Å². The van der Waals surface area contributed by atoms with E-state index in [-0.39, 0.29) is 6.04 Å². The van der Waals surface area contributed by atoms with Gasteiger partial charge in [-0.25, -0.2) is 8.42 Å². The van der Waals surface area contributed by atoms with Crippen LogP contribution in [0.15, 0.2) is 88.2 Å². The first kappa shape index (κ1) is 21.2. The highest BCUT2D eigenvalue weighted by Gasteiger charge is 2.33. The molecule has 1 atom stereocenters. The molecule has 1 saturated heterocycles. The number of sulfonamides is 1. The summed E-state index contributed by atoms with van der Waals surface area (Å²) in [5.41, 5.74) is 3.66. The fourth-order valence-corrected chi connectivity index (χ4v) is 5.55. The highest BCUT2D eigenvalue weighted by Crippen LogP contribution is 2.25. The van der Waals surface area contributed by atoms with E-state index >= 15 is 0 Å². The molecule has 0 aromatic heterocycles. The number of benzene rings is 3. The lowest BCUT2D eigenvalue weighted by atomic mass is 10.0. The highest BCUT2D eigenvalue weighted by atomic mass is 79.9. The van der Waals surface area contributed by atoms with Gasteiger partial charge < -0.3 is 0 Å². The normalized spacial score (nSPS) is 17.5. The fourth-order valence-electron chi connectivity index (χ4n) is 3.91. The predicted octanol–water partition coefficient (Wildman–Crippen LogP) is 5.01. The molecule has 0 spiro atoms. The van der Waals surface area contributed by atoms with Gasteiger partial charge in [-0.05, 0) is 47.4 Å². The Morgan fingerprint density at radius 2 is 1.57 bits per heavy atom. The minimum absolute atomic E-state index is 0.0118. The van der Waals surface area contributed by atoms with Crippen LogP contribution < -0.4 is 0 Å². The number of hydrogen-bond donors (Lipinski definition) is 0. The fraction of sp³-hybridized carbons (Fsp3) is 0.250. The van der Waals surface area contributed by atoms with Gasteiger partial charge in [0.25, 0.3) is 0 Å². The molecule has 3 aromatic rings. The summed E-state index contributed by atoms with van der Waals surface area (Å²) in [6, 6.07) is 25.8. The number of nitrogens with zero attached hydrogens (tertiary/aromatic N) is 2. The summed E-state index contributed by atoms with van der Waals surface area (Å²) in [5, 5.41) is 0. The Bertz CT molecular complexity index is 1080. The molecule has 0 saturated carbocycles. The van der Waals surface area contributed by atoms with Crippen LogP contribution in [-0.4, -0.2) is 43.8 Å². The van der Waals surface area contributed by atoms with Crippen LogP contribution in [0, 0.1) is 0 Å². The van der Waals surface area contributed by atoms with Gasteiger partial charge in [-0.15, -0.1) is 0 Å².